The lowest BCUT2D eigenvalue weighted by atomic mass is 10.1. The molecular formula is C17H26N2O2. The molecule has 0 aliphatic carbocycles. The van der Waals surface area contributed by atoms with Crippen LogP contribution >= 0.6 is 0 Å². The Bertz CT molecular complexity index is 530. The molecule has 1 atom stereocenters. The molecule has 2 aromatic rings. The summed E-state index contributed by atoms with van der Waals surface area (Å²) in [6.07, 6.45) is 2.21. The first-order valence-electron chi connectivity index (χ1n) is 7.72. The van der Waals surface area contributed by atoms with Gasteiger partial charge in [-0.1, -0.05) is 6.92 Å². The largest absolute Gasteiger partial charge is 0.465 e. The summed E-state index contributed by atoms with van der Waals surface area (Å²) >= 11 is 0. The SMILES string of the molecule is CCC(CCNCc1ccc(C)o1)NCc1ccc(C)o1. The number of furan rings is 2. The van der Waals surface area contributed by atoms with Crippen LogP contribution in [0.2, 0.25) is 0 Å². The van der Waals surface area contributed by atoms with Crippen molar-refractivity contribution in [3.63, 3.8) is 0 Å². The number of nitrogens with one attached hydrogen (secondary N) is 2. The van der Waals surface area contributed by atoms with E-state index >= 15 is 0 Å². The van der Waals surface area contributed by atoms with Crippen molar-refractivity contribution in [3.8, 4) is 0 Å². The molecule has 0 aromatic carbocycles. The van der Waals surface area contributed by atoms with E-state index in [0.29, 0.717) is 6.04 Å². The Morgan fingerprint density at radius 3 is 2.10 bits per heavy atom. The second kappa shape index (κ2) is 8.05. The van der Waals surface area contributed by atoms with E-state index in [9.17, 15) is 0 Å². The summed E-state index contributed by atoms with van der Waals surface area (Å²) in [6.45, 7) is 8.71. The predicted octanol–water partition coefficient (Wildman–Crippen LogP) is 3.54. The summed E-state index contributed by atoms with van der Waals surface area (Å²) in [5.74, 6) is 3.94. The van der Waals surface area contributed by atoms with Gasteiger partial charge in [0.2, 0.25) is 0 Å². The molecule has 0 bridgehead atoms. The highest BCUT2D eigenvalue weighted by Crippen LogP contribution is 2.08. The molecule has 21 heavy (non-hydrogen) atoms. The fraction of sp³-hybridized carbons (Fsp3) is 0.529. The Balaban J connectivity index is 1.63. The van der Waals surface area contributed by atoms with Crippen LogP contribution < -0.4 is 10.6 Å². The number of rotatable bonds is 9. The first-order chi connectivity index (χ1) is 10.2. The Morgan fingerprint density at radius 2 is 1.57 bits per heavy atom. The van der Waals surface area contributed by atoms with E-state index in [1.807, 2.05) is 38.1 Å². The zero-order chi connectivity index (χ0) is 15.1. The maximum absolute atomic E-state index is 5.57. The average Bonchev–Trinajstić information content (AvgIpc) is 3.07. The summed E-state index contributed by atoms with van der Waals surface area (Å²) < 4.78 is 11.1. The smallest absolute Gasteiger partial charge is 0.117 e. The second-order valence-electron chi connectivity index (χ2n) is 5.48. The van der Waals surface area contributed by atoms with Gasteiger partial charge >= 0.3 is 0 Å². The molecule has 4 heteroatoms. The second-order valence-corrected chi connectivity index (χ2v) is 5.48. The van der Waals surface area contributed by atoms with Crippen molar-refractivity contribution in [2.45, 2.75) is 52.7 Å². The molecule has 2 N–H and O–H groups in total. The van der Waals surface area contributed by atoms with Crippen LogP contribution in [-0.4, -0.2) is 12.6 Å². The normalized spacial score (nSPS) is 12.7. The van der Waals surface area contributed by atoms with Gasteiger partial charge < -0.3 is 19.5 Å². The molecule has 0 saturated carbocycles. The molecule has 116 valence electrons. The summed E-state index contributed by atoms with van der Waals surface area (Å²) in [7, 11) is 0. The lowest BCUT2D eigenvalue weighted by molar-refractivity contribution is 0.401. The Labute approximate surface area is 126 Å². The summed E-state index contributed by atoms with van der Waals surface area (Å²) in [6, 6.07) is 8.56. The van der Waals surface area contributed by atoms with Crippen molar-refractivity contribution in [1.82, 2.24) is 10.6 Å². The van der Waals surface area contributed by atoms with Crippen molar-refractivity contribution >= 4 is 0 Å². The molecule has 2 heterocycles. The molecule has 4 nitrogen and oxygen atoms in total. The molecule has 0 aliphatic rings. The van der Waals surface area contributed by atoms with Crippen LogP contribution in [0.5, 0.6) is 0 Å². The van der Waals surface area contributed by atoms with E-state index in [1.165, 1.54) is 0 Å². The van der Waals surface area contributed by atoms with Gasteiger partial charge in [-0.05, 0) is 57.5 Å². The predicted molar refractivity (Wildman–Crippen MR) is 84.1 cm³/mol. The van der Waals surface area contributed by atoms with Crippen LogP contribution in [0.4, 0.5) is 0 Å². The Hall–Kier alpha value is -1.52. The monoisotopic (exact) mass is 290 g/mol. The summed E-state index contributed by atoms with van der Waals surface area (Å²) in [4.78, 5) is 0. The Morgan fingerprint density at radius 1 is 0.952 bits per heavy atom. The summed E-state index contributed by atoms with van der Waals surface area (Å²) in [5, 5.41) is 6.97. The topological polar surface area (TPSA) is 50.3 Å². The van der Waals surface area contributed by atoms with E-state index in [0.717, 1.165) is 55.5 Å². The maximum Gasteiger partial charge on any atom is 0.117 e. The van der Waals surface area contributed by atoms with Crippen LogP contribution in [0.25, 0.3) is 0 Å². The Kier molecular flexibility index (Phi) is 6.08. The van der Waals surface area contributed by atoms with E-state index in [1.54, 1.807) is 0 Å². The van der Waals surface area contributed by atoms with Crippen LogP contribution in [0.3, 0.4) is 0 Å². The lowest BCUT2D eigenvalue weighted by Crippen LogP contribution is -2.31. The van der Waals surface area contributed by atoms with Crippen molar-refractivity contribution in [2.24, 2.45) is 0 Å². The van der Waals surface area contributed by atoms with Crippen molar-refractivity contribution in [1.29, 1.82) is 0 Å². The van der Waals surface area contributed by atoms with Gasteiger partial charge in [0.25, 0.3) is 0 Å². The average molecular weight is 290 g/mol. The van der Waals surface area contributed by atoms with Gasteiger partial charge in [0.15, 0.2) is 0 Å². The van der Waals surface area contributed by atoms with Crippen LogP contribution in [0.15, 0.2) is 33.1 Å². The molecule has 0 amide bonds. The highest BCUT2D eigenvalue weighted by molar-refractivity contribution is 5.06. The van der Waals surface area contributed by atoms with Gasteiger partial charge in [-0.15, -0.1) is 0 Å². The zero-order valence-corrected chi connectivity index (χ0v) is 13.2. The quantitative estimate of drug-likeness (QED) is 0.694. The van der Waals surface area contributed by atoms with Gasteiger partial charge in [0, 0.05) is 6.04 Å². The highest BCUT2D eigenvalue weighted by atomic mass is 16.3. The van der Waals surface area contributed by atoms with Crippen molar-refractivity contribution < 1.29 is 8.83 Å². The highest BCUT2D eigenvalue weighted by Gasteiger charge is 2.07. The van der Waals surface area contributed by atoms with Crippen molar-refractivity contribution in [3.05, 3.63) is 47.3 Å². The zero-order valence-electron chi connectivity index (χ0n) is 13.2. The molecule has 1 unspecified atom stereocenters. The first-order valence-corrected chi connectivity index (χ1v) is 7.72. The standard InChI is InChI=1S/C17H26N2O2/c1-4-15(19-12-17-8-6-14(3)21-17)9-10-18-11-16-7-5-13(2)20-16/h5-8,15,18-19H,4,9-12H2,1-3H3. The molecule has 0 fully saturated rings. The summed E-state index contributed by atoms with van der Waals surface area (Å²) in [5.41, 5.74) is 0. The number of hydrogen-bond donors (Lipinski definition) is 2. The first kappa shape index (κ1) is 15.9. The molecular weight excluding hydrogens is 264 g/mol. The minimum Gasteiger partial charge on any atom is -0.465 e. The van der Waals surface area contributed by atoms with Gasteiger partial charge in [0.1, 0.15) is 23.0 Å². The third-order valence-electron chi connectivity index (χ3n) is 3.62. The van der Waals surface area contributed by atoms with E-state index in [2.05, 4.69) is 17.6 Å². The fourth-order valence-corrected chi connectivity index (χ4v) is 2.34. The minimum absolute atomic E-state index is 0.501. The molecule has 0 spiro atoms. The number of aryl methyl sites for hydroxylation is 2. The molecule has 2 aromatic heterocycles. The van der Waals surface area contributed by atoms with E-state index < -0.39 is 0 Å². The third kappa shape index (κ3) is 5.40. The van der Waals surface area contributed by atoms with Gasteiger partial charge in [-0.2, -0.15) is 0 Å². The number of hydrogen-bond acceptors (Lipinski definition) is 4. The van der Waals surface area contributed by atoms with Gasteiger partial charge in [0.05, 0.1) is 13.1 Å². The third-order valence-corrected chi connectivity index (χ3v) is 3.62. The fourth-order valence-electron chi connectivity index (χ4n) is 2.34. The maximum atomic E-state index is 5.57. The van der Waals surface area contributed by atoms with E-state index in [4.69, 9.17) is 8.83 Å². The molecule has 0 aliphatic heterocycles. The van der Waals surface area contributed by atoms with Crippen LogP contribution in [0.1, 0.15) is 42.8 Å². The van der Waals surface area contributed by atoms with E-state index in [-0.39, 0.29) is 0 Å². The molecule has 0 radical (unpaired) electrons. The molecule has 0 saturated heterocycles. The lowest BCUT2D eigenvalue weighted by Gasteiger charge is -2.16. The van der Waals surface area contributed by atoms with Crippen molar-refractivity contribution in [2.75, 3.05) is 6.54 Å². The van der Waals surface area contributed by atoms with Crippen LogP contribution in [-0.2, 0) is 13.1 Å². The van der Waals surface area contributed by atoms with Crippen LogP contribution in [0, 0.1) is 13.8 Å². The van der Waals surface area contributed by atoms with Gasteiger partial charge in [-0.25, -0.2) is 0 Å². The minimum atomic E-state index is 0.501. The van der Waals surface area contributed by atoms with Gasteiger partial charge in [-0.3, -0.25) is 0 Å². The molecule has 2 rings (SSSR count).